The maximum atomic E-state index is 15.0. The van der Waals surface area contributed by atoms with E-state index < -0.39 is 17.7 Å². The molecule has 5 rings (SSSR count). The maximum Gasteiger partial charge on any atom is 0.298 e. The third-order valence-corrected chi connectivity index (χ3v) is 6.76. The largest absolute Gasteiger partial charge is 0.491 e. The zero-order valence-electron chi connectivity index (χ0n) is 22.1. The Hall–Kier alpha value is -5.08. The molecule has 0 saturated heterocycles. The van der Waals surface area contributed by atoms with Gasteiger partial charge in [-0.2, -0.15) is 19.1 Å². The number of fused-ring (bicyclic) bond motifs is 1. The fourth-order valence-electron chi connectivity index (χ4n) is 4.77. The molecule has 9 nitrogen and oxygen atoms in total. The van der Waals surface area contributed by atoms with Gasteiger partial charge < -0.3 is 20.7 Å². The summed E-state index contributed by atoms with van der Waals surface area (Å²) in [5.41, 5.74) is 6.19. The van der Waals surface area contributed by atoms with Gasteiger partial charge in [-0.25, -0.2) is 0 Å². The summed E-state index contributed by atoms with van der Waals surface area (Å²) in [6.45, 7) is 2.62. The van der Waals surface area contributed by atoms with Crippen LogP contribution in [0.1, 0.15) is 44.5 Å². The number of hydrogen-bond donors (Lipinski definition) is 2. The fraction of sp³-hybridized carbons (Fsp3) is 0.200. The second kappa shape index (κ2) is 11.2. The smallest absolute Gasteiger partial charge is 0.298 e. The van der Waals surface area contributed by atoms with E-state index in [1.807, 2.05) is 13.0 Å². The molecule has 2 heterocycles. The van der Waals surface area contributed by atoms with E-state index in [0.29, 0.717) is 23.7 Å². The van der Waals surface area contributed by atoms with E-state index in [1.54, 1.807) is 30.3 Å². The van der Waals surface area contributed by atoms with Gasteiger partial charge in [0.1, 0.15) is 24.1 Å². The molecule has 11 heteroatoms. The standard InChI is InChI=1S/C30H26F2N6O3/c1-19-18-37-27(25(17-35-37)28(39)36-23-9-12-26(41-14-13-33)20(15-23)16-34)29(40)38(19)24-10-7-22(8-11-24)30(31,32)21-5-3-2-4-6-21/h2-12,15,17,19H,13-14,18,33H2,1H3,(H,36,39)/t19-/m0/s1. The molecule has 0 unspecified atom stereocenters. The summed E-state index contributed by atoms with van der Waals surface area (Å²) in [6.07, 6.45) is 1.31. The lowest BCUT2D eigenvalue weighted by Gasteiger charge is -2.34. The summed E-state index contributed by atoms with van der Waals surface area (Å²) < 4.78 is 37.0. The fourth-order valence-corrected chi connectivity index (χ4v) is 4.77. The van der Waals surface area contributed by atoms with Crippen molar-refractivity contribution in [2.24, 2.45) is 5.73 Å². The molecule has 0 saturated carbocycles. The monoisotopic (exact) mass is 556 g/mol. The number of nitrogens with one attached hydrogen (secondary N) is 1. The van der Waals surface area contributed by atoms with Crippen molar-refractivity contribution < 1.29 is 23.1 Å². The summed E-state index contributed by atoms with van der Waals surface area (Å²) in [4.78, 5) is 28.4. The van der Waals surface area contributed by atoms with Gasteiger partial charge in [-0.05, 0) is 37.3 Å². The van der Waals surface area contributed by atoms with Crippen LogP contribution in [0.3, 0.4) is 0 Å². The van der Waals surface area contributed by atoms with Crippen molar-refractivity contribution in [2.45, 2.75) is 25.4 Å². The Labute approximate surface area is 234 Å². The number of nitriles is 1. The number of carbonyl (C=O) groups excluding carboxylic acids is 2. The molecule has 0 spiro atoms. The third kappa shape index (κ3) is 5.25. The Kier molecular flexibility index (Phi) is 7.50. The lowest BCUT2D eigenvalue weighted by molar-refractivity contribution is 0.0428. The van der Waals surface area contributed by atoms with Crippen molar-refractivity contribution in [1.82, 2.24) is 9.78 Å². The predicted octanol–water partition coefficient (Wildman–Crippen LogP) is 4.53. The van der Waals surface area contributed by atoms with Gasteiger partial charge in [0.2, 0.25) is 0 Å². The van der Waals surface area contributed by atoms with Crippen molar-refractivity contribution in [1.29, 1.82) is 5.26 Å². The SMILES string of the molecule is C[C@H]1Cn2ncc(C(=O)Nc3ccc(OCCN)c(C#N)c3)c2C(=O)N1c1ccc(C(F)(F)c2ccccc2)cc1. The molecule has 41 heavy (non-hydrogen) atoms. The number of ether oxygens (including phenoxy) is 1. The van der Waals surface area contributed by atoms with E-state index in [2.05, 4.69) is 10.4 Å². The van der Waals surface area contributed by atoms with Gasteiger partial charge in [0, 0.05) is 29.0 Å². The normalized spacial score (nSPS) is 14.8. The molecule has 0 aliphatic carbocycles. The van der Waals surface area contributed by atoms with Crippen LogP contribution in [0.15, 0.2) is 79.0 Å². The molecule has 3 aromatic carbocycles. The first-order chi connectivity index (χ1) is 19.7. The number of aromatic nitrogens is 2. The van der Waals surface area contributed by atoms with Gasteiger partial charge in [-0.15, -0.1) is 0 Å². The van der Waals surface area contributed by atoms with Crippen LogP contribution in [0.2, 0.25) is 0 Å². The first kappa shape index (κ1) is 27.5. The summed E-state index contributed by atoms with van der Waals surface area (Å²) in [5.74, 6) is -3.95. The number of benzene rings is 3. The van der Waals surface area contributed by atoms with Crippen LogP contribution in [0, 0.1) is 11.3 Å². The second-order valence-corrected chi connectivity index (χ2v) is 9.51. The Morgan fingerprint density at radius 1 is 1.15 bits per heavy atom. The summed E-state index contributed by atoms with van der Waals surface area (Å²) >= 11 is 0. The zero-order chi connectivity index (χ0) is 29.1. The van der Waals surface area contributed by atoms with E-state index in [0.717, 1.165) is 0 Å². The highest BCUT2D eigenvalue weighted by molar-refractivity contribution is 6.15. The minimum Gasteiger partial charge on any atom is -0.491 e. The predicted molar refractivity (Wildman–Crippen MR) is 148 cm³/mol. The number of carbonyl (C=O) groups is 2. The zero-order valence-corrected chi connectivity index (χ0v) is 22.1. The van der Waals surface area contributed by atoms with Crippen molar-refractivity contribution in [3.63, 3.8) is 0 Å². The van der Waals surface area contributed by atoms with E-state index in [9.17, 15) is 14.9 Å². The Balaban J connectivity index is 1.38. The van der Waals surface area contributed by atoms with Crippen molar-refractivity contribution in [2.75, 3.05) is 23.4 Å². The highest BCUT2D eigenvalue weighted by atomic mass is 19.3. The summed E-state index contributed by atoms with van der Waals surface area (Å²) in [7, 11) is 0. The molecule has 208 valence electrons. The highest BCUT2D eigenvalue weighted by Gasteiger charge is 2.37. The second-order valence-electron chi connectivity index (χ2n) is 9.51. The number of nitrogens with zero attached hydrogens (tertiary/aromatic N) is 4. The van der Waals surface area contributed by atoms with Crippen LogP contribution >= 0.6 is 0 Å². The quantitative estimate of drug-likeness (QED) is 0.328. The van der Waals surface area contributed by atoms with E-state index >= 15 is 8.78 Å². The number of amides is 2. The number of hydrogen-bond acceptors (Lipinski definition) is 6. The van der Waals surface area contributed by atoms with Crippen LogP contribution in [0.4, 0.5) is 20.2 Å². The van der Waals surface area contributed by atoms with Gasteiger partial charge >= 0.3 is 0 Å². The minimum atomic E-state index is -3.21. The molecular formula is C30H26F2N6O3. The van der Waals surface area contributed by atoms with Crippen molar-refractivity contribution in [3.05, 3.63) is 107 Å². The first-order valence-corrected chi connectivity index (χ1v) is 12.9. The number of anilines is 2. The third-order valence-electron chi connectivity index (χ3n) is 6.76. The van der Waals surface area contributed by atoms with E-state index in [4.69, 9.17) is 10.5 Å². The van der Waals surface area contributed by atoms with Crippen LogP contribution < -0.4 is 20.7 Å². The molecule has 1 aliphatic heterocycles. The lowest BCUT2D eigenvalue weighted by Crippen LogP contribution is -2.47. The number of halogens is 2. The van der Waals surface area contributed by atoms with Gasteiger partial charge in [-0.1, -0.05) is 42.5 Å². The molecule has 1 atom stereocenters. The summed E-state index contributed by atoms with van der Waals surface area (Å²) in [5, 5.41) is 16.4. The van der Waals surface area contributed by atoms with Crippen molar-refractivity contribution in [3.8, 4) is 11.8 Å². The van der Waals surface area contributed by atoms with E-state index in [1.165, 1.54) is 58.2 Å². The van der Waals surface area contributed by atoms with Gasteiger partial charge in [0.25, 0.3) is 17.7 Å². The molecule has 4 aromatic rings. The first-order valence-electron chi connectivity index (χ1n) is 12.9. The van der Waals surface area contributed by atoms with Gasteiger partial charge in [0.15, 0.2) is 0 Å². The number of alkyl halides is 2. The van der Waals surface area contributed by atoms with E-state index in [-0.39, 0.29) is 47.1 Å². The highest BCUT2D eigenvalue weighted by Crippen LogP contribution is 2.37. The molecule has 0 bridgehead atoms. The average molecular weight is 557 g/mol. The average Bonchev–Trinajstić information content (AvgIpc) is 3.41. The maximum absolute atomic E-state index is 15.0. The lowest BCUT2D eigenvalue weighted by atomic mass is 9.99. The van der Waals surface area contributed by atoms with Crippen LogP contribution in [0.5, 0.6) is 5.75 Å². The Bertz CT molecular complexity index is 1630. The molecule has 3 N–H and O–H groups in total. The topological polar surface area (TPSA) is 126 Å². The molecule has 0 fully saturated rings. The van der Waals surface area contributed by atoms with Crippen molar-refractivity contribution >= 4 is 23.2 Å². The molecule has 1 aliphatic rings. The molecule has 0 radical (unpaired) electrons. The van der Waals surface area contributed by atoms with Gasteiger partial charge in [0.05, 0.1) is 29.9 Å². The minimum absolute atomic E-state index is 0.0427. The molecule has 1 aromatic heterocycles. The Morgan fingerprint density at radius 3 is 2.54 bits per heavy atom. The summed E-state index contributed by atoms with van der Waals surface area (Å²) in [6, 6.07) is 19.3. The molecule has 2 amide bonds. The Morgan fingerprint density at radius 2 is 1.85 bits per heavy atom. The number of rotatable bonds is 8. The molecular weight excluding hydrogens is 530 g/mol. The van der Waals surface area contributed by atoms with Crippen LogP contribution in [-0.2, 0) is 12.5 Å². The number of nitrogens with two attached hydrogens (primary N) is 1. The van der Waals surface area contributed by atoms with Crippen LogP contribution in [-0.4, -0.2) is 40.8 Å². The van der Waals surface area contributed by atoms with Crippen LogP contribution in [0.25, 0.3) is 0 Å². The van der Waals surface area contributed by atoms with Gasteiger partial charge in [-0.3, -0.25) is 14.3 Å².